The minimum absolute atomic E-state index is 0.151. The van der Waals surface area contributed by atoms with Crippen molar-refractivity contribution in [1.82, 2.24) is 4.98 Å². The average Bonchev–Trinajstić information content (AvgIpc) is 3.28. The van der Waals surface area contributed by atoms with Crippen LogP contribution in [0.1, 0.15) is 51.0 Å². The molecule has 0 saturated carbocycles. The van der Waals surface area contributed by atoms with Crippen LogP contribution in [0.15, 0.2) is 42.5 Å². The second-order valence-electron chi connectivity index (χ2n) is 9.13. The lowest BCUT2D eigenvalue weighted by molar-refractivity contribution is -0.117. The van der Waals surface area contributed by atoms with Gasteiger partial charge in [0.1, 0.15) is 29.3 Å². The molecule has 4 rings (SSSR count). The molecule has 0 radical (unpaired) electrons. The summed E-state index contributed by atoms with van der Waals surface area (Å²) in [7, 11) is 1.80. The first kappa shape index (κ1) is 22.6. The highest BCUT2D eigenvalue weighted by Gasteiger charge is 2.26. The molecule has 0 amide bonds. The van der Waals surface area contributed by atoms with Crippen LogP contribution in [-0.4, -0.2) is 56.3 Å². The lowest BCUT2D eigenvalue weighted by atomic mass is 9.96. The second-order valence-corrected chi connectivity index (χ2v) is 9.13. The van der Waals surface area contributed by atoms with Crippen molar-refractivity contribution >= 4 is 17.4 Å². The number of nitrogens with zero attached hydrogens (tertiary/aromatic N) is 3. The van der Waals surface area contributed by atoms with Crippen molar-refractivity contribution < 1.29 is 14.3 Å². The normalized spacial score (nSPS) is 20.4. The van der Waals surface area contributed by atoms with Crippen LogP contribution in [0.2, 0.25) is 0 Å². The Labute approximate surface area is 191 Å². The van der Waals surface area contributed by atoms with E-state index in [4.69, 9.17) is 14.5 Å². The van der Waals surface area contributed by atoms with Crippen LogP contribution in [0.3, 0.4) is 0 Å². The Morgan fingerprint density at radius 1 is 1.00 bits per heavy atom. The van der Waals surface area contributed by atoms with E-state index in [2.05, 4.69) is 47.1 Å². The third kappa shape index (κ3) is 5.60. The Balaban J connectivity index is 1.32. The van der Waals surface area contributed by atoms with Gasteiger partial charge >= 0.3 is 0 Å². The minimum atomic E-state index is 0.151. The highest BCUT2D eigenvalue weighted by atomic mass is 16.5. The Kier molecular flexibility index (Phi) is 7.30. The molecule has 0 unspecified atom stereocenters. The molecule has 2 aliphatic heterocycles. The van der Waals surface area contributed by atoms with Gasteiger partial charge in [0, 0.05) is 39.6 Å². The van der Waals surface area contributed by atoms with E-state index < -0.39 is 0 Å². The first-order valence-electron chi connectivity index (χ1n) is 11.8. The van der Waals surface area contributed by atoms with Crippen LogP contribution in [0.4, 0.5) is 11.6 Å². The summed E-state index contributed by atoms with van der Waals surface area (Å²) in [6.45, 7) is 7.50. The van der Waals surface area contributed by atoms with Crippen molar-refractivity contribution in [1.29, 1.82) is 0 Å². The number of ketones is 1. The Morgan fingerprint density at radius 3 is 2.28 bits per heavy atom. The van der Waals surface area contributed by atoms with Crippen LogP contribution >= 0.6 is 0 Å². The van der Waals surface area contributed by atoms with E-state index in [1.807, 2.05) is 12.1 Å². The summed E-state index contributed by atoms with van der Waals surface area (Å²) in [6, 6.07) is 14.5. The van der Waals surface area contributed by atoms with Gasteiger partial charge in [0.2, 0.25) is 0 Å². The summed E-state index contributed by atoms with van der Waals surface area (Å²) in [5.41, 5.74) is 1.18. The molecule has 2 saturated heterocycles. The summed E-state index contributed by atoms with van der Waals surface area (Å²) in [5, 5.41) is 0. The first-order valence-corrected chi connectivity index (χ1v) is 11.8. The topological polar surface area (TPSA) is 54.9 Å². The lowest BCUT2D eigenvalue weighted by Gasteiger charge is -2.32. The molecule has 2 atom stereocenters. The molecule has 172 valence electrons. The van der Waals surface area contributed by atoms with E-state index in [-0.39, 0.29) is 17.8 Å². The van der Waals surface area contributed by atoms with Crippen molar-refractivity contribution in [3.8, 4) is 5.75 Å². The predicted octanol–water partition coefficient (Wildman–Crippen LogP) is 4.44. The van der Waals surface area contributed by atoms with E-state index in [0.29, 0.717) is 12.5 Å². The third-order valence-electron chi connectivity index (χ3n) is 6.63. The van der Waals surface area contributed by atoms with E-state index in [1.165, 1.54) is 5.56 Å². The van der Waals surface area contributed by atoms with Crippen molar-refractivity contribution in [3.05, 3.63) is 48.0 Å². The van der Waals surface area contributed by atoms with Crippen molar-refractivity contribution in [2.24, 2.45) is 0 Å². The Morgan fingerprint density at radius 2 is 1.62 bits per heavy atom. The number of aromatic nitrogens is 1. The van der Waals surface area contributed by atoms with E-state index in [1.54, 1.807) is 14.0 Å². The molecule has 3 heterocycles. The number of carbonyl (C=O) groups excluding carboxylic acids is 1. The highest BCUT2D eigenvalue weighted by molar-refractivity contribution is 5.76. The smallest absolute Gasteiger partial charge is 0.131 e. The predicted molar refractivity (Wildman–Crippen MR) is 128 cm³/mol. The van der Waals surface area contributed by atoms with Gasteiger partial charge in [-0.3, -0.25) is 0 Å². The van der Waals surface area contributed by atoms with E-state index in [0.717, 1.165) is 62.8 Å². The number of Topliss-reactive ketones (excluding diaryl/α,β-unsaturated/α-hetero) is 1. The molecule has 6 heteroatoms. The lowest BCUT2D eigenvalue weighted by Crippen LogP contribution is -2.37. The SMILES string of the molecule is COC1CCN(c2cccc(N3CC[C@@H](Oc4ccc([C@H](C)CC(C)=O)cc4)C3)n2)CC1. The fourth-order valence-corrected chi connectivity index (χ4v) is 4.73. The Bertz CT molecular complexity index is 893. The maximum Gasteiger partial charge on any atom is 0.131 e. The average molecular weight is 438 g/mol. The second kappa shape index (κ2) is 10.3. The zero-order chi connectivity index (χ0) is 22.5. The van der Waals surface area contributed by atoms with Gasteiger partial charge in [-0.05, 0) is 55.5 Å². The van der Waals surface area contributed by atoms with E-state index in [9.17, 15) is 4.79 Å². The van der Waals surface area contributed by atoms with Crippen molar-refractivity contribution in [2.45, 2.75) is 57.7 Å². The number of piperidine rings is 1. The molecule has 0 aliphatic carbocycles. The number of methoxy groups -OCH3 is 1. The van der Waals surface area contributed by atoms with Gasteiger partial charge in [0.15, 0.2) is 0 Å². The summed E-state index contributed by atoms with van der Waals surface area (Å²) in [5.74, 6) is 3.43. The van der Waals surface area contributed by atoms with Gasteiger partial charge in [0.05, 0.1) is 12.6 Å². The summed E-state index contributed by atoms with van der Waals surface area (Å²) < 4.78 is 11.7. The molecule has 6 nitrogen and oxygen atoms in total. The molecule has 2 fully saturated rings. The molecular weight excluding hydrogens is 402 g/mol. The third-order valence-corrected chi connectivity index (χ3v) is 6.63. The number of carbonyl (C=O) groups is 1. The minimum Gasteiger partial charge on any atom is -0.489 e. The summed E-state index contributed by atoms with van der Waals surface area (Å²) in [6.07, 6.45) is 4.18. The van der Waals surface area contributed by atoms with Crippen LogP contribution in [0.5, 0.6) is 5.75 Å². The molecule has 0 N–H and O–H groups in total. The number of hydrogen-bond donors (Lipinski definition) is 0. The van der Waals surface area contributed by atoms with Crippen LogP contribution in [-0.2, 0) is 9.53 Å². The van der Waals surface area contributed by atoms with Gasteiger partial charge < -0.3 is 24.1 Å². The number of rotatable bonds is 8. The monoisotopic (exact) mass is 437 g/mol. The summed E-state index contributed by atoms with van der Waals surface area (Å²) >= 11 is 0. The van der Waals surface area contributed by atoms with Crippen molar-refractivity contribution in [2.75, 3.05) is 43.1 Å². The van der Waals surface area contributed by atoms with Gasteiger partial charge in [-0.2, -0.15) is 0 Å². The Hall–Kier alpha value is -2.60. The standard InChI is InChI=1S/C26H35N3O3/c1-19(17-20(2)30)21-7-9-23(10-8-21)32-24-13-16-29(18-24)26-6-4-5-25(27-26)28-14-11-22(31-3)12-15-28/h4-10,19,22,24H,11-18H2,1-3H3/t19-,24-/m1/s1. The number of hydrogen-bond acceptors (Lipinski definition) is 6. The highest BCUT2D eigenvalue weighted by Crippen LogP contribution is 2.27. The largest absolute Gasteiger partial charge is 0.489 e. The van der Waals surface area contributed by atoms with E-state index >= 15 is 0 Å². The number of benzene rings is 1. The molecule has 0 spiro atoms. The van der Waals surface area contributed by atoms with Gasteiger partial charge in [0.25, 0.3) is 0 Å². The zero-order valence-electron chi connectivity index (χ0n) is 19.5. The van der Waals surface area contributed by atoms with Crippen molar-refractivity contribution in [3.63, 3.8) is 0 Å². The molecule has 2 aromatic rings. The summed E-state index contributed by atoms with van der Waals surface area (Å²) in [4.78, 5) is 21.0. The molecule has 32 heavy (non-hydrogen) atoms. The number of anilines is 2. The fraction of sp³-hybridized carbons (Fsp3) is 0.538. The maximum atomic E-state index is 11.4. The van der Waals surface area contributed by atoms with Gasteiger partial charge in [-0.15, -0.1) is 0 Å². The van der Waals surface area contributed by atoms with Crippen LogP contribution in [0, 0.1) is 0 Å². The quantitative estimate of drug-likeness (QED) is 0.609. The van der Waals surface area contributed by atoms with Crippen LogP contribution in [0.25, 0.3) is 0 Å². The fourth-order valence-electron chi connectivity index (χ4n) is 4.73. The molecule has 1 aromatic heterocycles. The van der Waals surface area contributed by atoms with Gasteiger partial charge in [-0.1, -0.05) is 25.1 Å². The first-order chi connectivity index (χ1) is 15.5. The zero-order valence-corrected chi connectivity index (χ0v) is 19.5. The van der Waals surface area contributed by atoms with Crippen LogP contribution < -0.4 is 14.5 Å². The molecule has 0 bridgehead atoms. The molecular formula is C26H35N3O3. The van der Waals surface area contributed by atoms with Gasteiger partial charge in [-0.25, -0.2) is 4.98 Å². The maximum absolute atomic E-state index is 11.4. The molecule has 1 aromatic carbocycles. The number of ether oxygens (including phenoxy) is 2. The molecule has 2 aliphatic rings. The number of pyridine rings is 1.